The van der Waals surface area contributed by atoms with Gasteiger partial charge in [0.25, 0.3) is 5.91 Å². The number of hydrogen-bond acceptors (Lipinski definition) is 5. The van der Waals surface area contributed by atoms with Gasteiger partial charge < -0.3 is 14.5 Å². The van der Waals surface area contributed by atoms with Crippen molar-refractivity contribution in [3.05, 3.63) is 52.7 Å². The maximum atomic E-state index is 12.7. The zero-order valence-corrected chi connectivity index (χ0v) is 14.9. The molecule has 0 fully saturated rings. The smallest absolute Gasteiger partial charge is 0.291 e. The molecule has 0 radical (unpaired) electrons. The van der Waals surface area contributed by atoms with Crippen molar-refractivity contribution >= 4 is 44.1 Å². The Bertz CT molecular complexity index is 1110. The van der Waals surface area contributed by atoms with Gasteiger partial charge in [-0.15, -0.1) is 11.3 Å². The van der Waals surface area contributed by atoms with E-state index >= 15 is 0 Å². The fraction of sp³-hybridized carbons (Fsp3) is 0.158. The second kappa shape index (κ2) is 5.89. The Labute approximate surface area is 148 Å². The molecular formula is C19H16N2O3S. The average molecular weight is 352 g/mol. The maximum absolute atomic E-state index is 12.7. The first kappa shape index (κ1) is 15.7. The van der Waals surface area contributed by atoms with E-state index in [1.54, 1.807) is 18.4 Å². The lowest BCUT2D eigenvalue weighted by molar-refractivity contribution is 0.0998. The molecule has 2 aromatic heterocycles. The van der Waals surface area contributed by atoms with E-state index in [-0.39, 0.29) is 5.91 Å². The minimum absolute atomic E-state index is 0.270. The first-order chi connectivity index (χ1) is 12.0. The van der Waals surface area contributed by atoms with Crippen molar-refractivity contribution in [3.8, 4) is 5.75 Å². The van der Waals surface area contributed by atoms with Crippen LogP contribution in [0.25, 0.3) is 21.2 Å². The van der Waals surface area contributed by atoms with Gasteiger partial charge in [0.2, 0.25) is 0 Å². The number of ether oxygens (including phenoxy) is 1. The first-order valence-corrected chi connectivity index (χ1v) is 8.62. The Morgan fingerprint density at radius 1 is 1.20 bits per heavy atom. The Morgan fingerprint density at radius 2 is 2.04 bits per heavy atom. The van der Waals surface area contributed by atoms with Crippen molar-refractivity contribution in [2.45, 2.75) is 13.8 Å². The Hall–Kier alpha value is -2.86. The lowest BCUT2D eigenvalue weighted by atomic mass is 10.1. The number of amides is 1. The fourth-order valence-corrected chi connectivity index (χ4v) is 3.72. The highest BCUT2D eigenvalue weighted by Gasteiger charge is 2.18. The number of methoxy groups -OCH3 is 1. The van der Waals surface area contributed by atoms with Gasteiger partial charge in [-0.2, -0.15) is 0 Å². The summed E-state index contributed by atoms with van der Waals surface area (Å²) in [6.45, 7) is 3.84. The third-order valence-corrected chi connectivity index (χ3v) is 5.04. The summed E-state index contributed by atoms with van der Waals surface area (Å²) in [5.41, 5.74) is 3.11. The third kappa shape index (κ3) is 2.74. The SMILES string of the molecule is COc1ccc2oc(C(=O)Nc3ccc4nc(C)sc4c3)c(C)c2c1. The topological polar surface area (TPSA) is 64.4 Å². The van der Waals surface area contributed by atoms with Crippen LogP contribution in [0.15, 0.2) is 40.8 Å². The number of benzene rings is 2. The molecule has 2 heterocycles. The van der Waals surface area contributed by atoms with Crippen LogP contribution in [0.1, 0.15) is 21.1 Å². The molecule has 0 aliphatic heterocycles. The Balaban J connectivity index is 1.67. The number of carbonyl (C=O) groups is 1. The molecule has 0 aliphatic carbocycles. The van der Waals surface area contributed by atoms with Gasteiger partial charge in [0.15, 0.2) is 5.76 Å². The molecule has 0 atom stereocenters. The lowest BCUT2D eigenvalue weighted by Gasteiger charge is -2.03. The van der Waals surface area contributed by atoms with Crippen LogP contribution in [0.2, 0.25) is 0 Å². The number of fused-ring (bicyclic) bond motifs is 2. The van der Waals surface area contributed by atoms with E-state index in [4.69, 9.17) is 9.15 Å². The second-order valence-electron chi connectivity index (χ2n) is 5.79. The normalized spacial score (nSPS) is 11.2. The molecular weight excluding hydrogens is 336 g/mol. The van der Waals surface area contributed by atoms with Gasteiger partial charge in [-0.25, -0.2) is 4.98 Å². The summed E-state index contributed by atoms with van der Waals surface area (Å²) in [6, 6.07) is 11.2. The first-order valence-electron chi connectivity index (χ1n) is 7.81. The summed E-state index contributed by atoms with van der Waals surface area (Å²) < 4.78 is 12.0. The number of thiazole rings is 1. The van der Waals surface area contributed by atoms with Crippen LogP contribution in [0.5, 0.6) is 5.75 Å². The lowest BCUT2D eigenvalue weighted by Crippen LogP contribution is -2.11. The van der Waals surface area contributed by atoms with Crippen LogP contribution in [0, 0.1) is 13.8 Å². The average Bonchev–Trinajstić information content (AvgIpc) is 3.13. The number of furan rings is 1. The van der Waals surface area contributed by atoms with Gasteiger partial charge in [-0.05, 0) is 50.2 Å². The van der Waals surface area contributed by atoms with Crippen molar-refractivity contribution in [1.82, 2.24) is 4.98 Å². The summed E-state index contributed by atoms with van der Waals surface area (Å²) >= 11 is 1.60. The minimum atomic E-state index is -0.270. The Morgan fingerprint density at radius 3 is 2.84 bits per heavy atom. The summed E-state index contributed by atoms with van der Waals surface area (Å²) in [5.74, 6) is 0.770. The standard InChI is InChI=1S/C19H16N2O3S/c1-10-14-9-13(23-3)5-7-16(14)24-18(10)19(22)21-12-4-6-15-17(8-12)25-11(2)20-15/h4-9H,1-3H3,(H,21,22). The second-order valence-corrected chi connectivity index (χ2v) is 7.02. The van der Waals surface area contributed by atoms with Crippen LogP contribution < -0.4 is 10.1 Å². The quantitative estimate of drug-likeness (QED) is 0.568. The summed E-state index contributed by atoms with van der Waals surface area (Å²) in [4.78, 5) is 17.1. The van der Waals surface area contributed by atoms with Crippen LogP contribution in [0.3, 0.4) is 0 Å². The van der Waals surface area contributed by atoms with Crippen molar-refractivity contribution in [2.24, 2.45) is 0 Å². The van der Waals surface area contributed by atoms with Crippen LogP contribution in [0.4, 0.5) is 5.69 Å². The minimum Gasteiger partial charge on any atom is -0.497 e. The van der Waals surface area contributed by atoms with E-state index in [0.717, 1.165) is 37.6 Å². The summed E-state index contributed by atoms with van der Waals surface area (Å²) in [7, 11) is 1.61. The van der Waals surface area contributed by atoms with Gasteiger partial charge >= 0.3 is 0 Å². The summed E-state index contributed by atoms with van der Waals surface area (Å²) in [5, 5.41) is 4.78. The number of hydrogen-bond donors (Lipinski definition) is 1. The van der Waals surface area contributed by atoms with E-state index < -0.39 is 0 Å². The van der Waals surface area contributed by atoms with E-state index in [1.165, 1.54) is 0 Å². The molecule has 4 rings (SSSR count). The molecule has 126 valence electrons. The van der Waals surface area contributed by atoms with Crippen molar-refractivity contribution in [3.63, 3.8) is 0 Å². The predicted octanol–water partition coefficient (Wildman–Crippen LogP) is 4.92. The maximum Gasteiger partial charge on any atom is 0.291 e. The number of aryl methyl sites for hydroxylation is 2. The summed E-state index contributed by atoms with van der Waals surface area (Å²) in [6.07, 6.45) is 0. The molecule has 2 aromatic carbocycles. The molecule has 4 aromatic rings. The van der Waals surface area contributed by atoms with Crippen molar-refractivity contribution < 1.29 is 13.9 Å². The number of nitrogens with one attached hydrogen (secondary N) is 1. The molecule has 0 saturated carbocycles. The van der Waals surface area contributed by atoms with E-state index in [9.17, 15) is 4.79 Å². The largest absolute Gasteiger partial charge is 0.497 e. The van der Waals surface area contributed by atoms with Gasteiger partial charge in [0.05, 0.1) is 22.3 Å². The number of anilines is 1. The third-order valence-electron chi connectivity index (χ3n) is 4.10. The van der Waals surface area contributed by atoms with Gasteiger partial charge in [-0.3, -0.25) is 4.79 Å². The molecule has 1 amide bonds. The highest BCUT2D eigenvalue weighted by Crippen LogP contribution is 2.30. The number of carbonyl (C=O) groups excluding carboxylic acids is 1. The number of nitrogens with zero attached hydrogens (tertiary/aromatic N) is 1. The zero-order valence-electron chi connectivity index (χ0n) is 14.0. The zero-order chi connectivity index (χ0) is 17.6. The predicted molar refractivity (Wildman–Crippen MR) is 99.8 cm³/mol. The molecule has 1 N–H and O–H groups in total. The molecule has 0 aliphatic rings. The van der Waals surface area contributed by atoms with Gasteiger partial charge in [0, 0.05) is 16.6 Å². The van der Waals surface area contributed by atoms with Crippen molar-refractivity contribution in [2.75, 3.05) is 12.4 Å². The van der Waals surface area contributed by atoms with Crippen LogP contribution >= 0.6 is 11.3 Å². The van der Waals surface area contributed by atoms with E-state index in [2.05, 4.69) is 10.3 Å². The van der Waals surface area contributed by atoms with Crippen LogP contribution in [-0.4, -0.2) is 18.0 Å². The monoisotopic (exact) mass is 352 g/mol. The highest BCUT2D eigenvalue weighted by molar-refractivity contribution is 7.18. The van der Waals surface area contributed by atoms with Gasteiger partial charge in [-0.1, -0.05) is 0 Å². The van der Waals surface area contributed by atoms with Gasteiger partial charge in [0.1, 0.15) is 11.3 Å². The van der Waals surface area contributed by atoms with Crippen LogP contribution in [-0.2, 0) is 0 Å². The molecule has 0 bridgehead atoms. The van der Waals surface area contributed by atoms with E-state index in [0.29, 0.717) is 11.3 Å². The molecule has 0 unspecified atom stereocenters. The molecule has 0 saturated heterocycles. The van der Waals surface area contributed by atoms with Crippen molar-refractivity contribution in [1.29, 1.82) is 0 Å². The molecule has 5 nitrogen and oxygen atoms in total. The highest BCUT2D eigenvalue weighted by atomic mass is 32.1. The number of aromatic nitrogens is 1. The molecule has 0 spiro atoms. The Kier molecular flexibility index (Phi) is 3.69. The molecule has 6 heteroatoms. The fourth-order valence-electron chi connectivity index (χ4n) is 2.85. The molecule has 25 heavy (non-hydrogen) atoms. The number of rotatable bonds is 3. The van der Waals surface area contributed by atoms with E-state index in [1.807, 2.05) is 50.2 Å².